The number of anilines is 2. The van der Waals surface area contributed by atoms with Gasteiger partial charge in [-0.3, -0.25) is 9.48 Å². The molecule has 2 heterocycles. The Kier molecular flexibility index (Phi) is 6.50. The van der Waals surface area contributed by atoms with Crippen LogP contribution in [0, 0.1) is 22.6 Å². The van der Waals surface area contributed by atoms with Crippen LogP contribution in [-0.4, -0.2) is 56.1 Å². The van der Waals surface area contributed by atoms with Gasteiger partial charge in [0.05, 0.1) is 12.1 Å². The van der Waals surface area contributed by atoms with Crippen LogP contribution in [-0.2, 0) is 0 Å². The van der Waals surface area contributed by atoms with Gasteiger partial charge in [-0.2, -0.15) is 19.1 Å². The number of carboxylic acid groups (broad SMARTS) is 1. The van der Waals surface area contributed by atoms with Gasteiger partial charge in [0.2, 0.25) is 0 Å². The Bertz CT molecular complexity index is 1080. The summed E-state index contributed by atoms with van der Waals surface area (Å²) in [5, 5.41) is 35.3. The molecule has 1 saturated heterocycles. The molecule has 1 aromatic carbocycles. The van der Waals surface area contributed by atoms with E-state index in [-0.39, 0.29) is 29.1 Å². The van der Waals surface area contributed by atoms with Crippen LogP contribution in [0.25, 0.3) is 0 Å². The maximum atomic E-state index is 15.4. The van der Waals surface area contributed by atoms with Gasteiger partial charge < -0.3 is 21.3 Å². The molecule has 10 nitrogen and oxygen atoms in total. The third kappa shape index (κ3) is 4.17. The SMILES string of the molecule is N#C[C@@]1(CCCO)[C@@H](n2cc(C(N)=O)c(Nc3ccc(F)cc3)n2)CCN(C(=O)O)C1(F)F. The average molecular weight is 466 g/mol. The molecule has 0 spiro atoms. The van der Waals surface area contributed by atoms with Crippen molar-refractivity contribution in [3.8, 4) is 6.07 Å². The first-order chi connectivity index (χ1) is 15.6. The van der Waals surface area contributed by atoms with Crippen LogP contribution in [0.1, 0.15) is 35.7 Å². The molecule has 1 aromatic heterocycles. The Hall–Kier alpha value is -3.79. The number of nitrogens with zero attached hydrogens (tertiary/aromatic N) is 4. The van der Waals surface area contributed by atoms with E-state index in [1.54, 1.807) is 6.07 Å². The summed E-state index contributed by atoms with van der Waals surface area (Å²) in [6, 6.07) is 1.15. The number of carbonyl (C=O) groups excluding carboxylic acids is 1. The summed E-state index contributed by atoms with van der Waals surface area (Å²) in [6.07, 6.45) is -1.72. The van der Waals surface area contributed by atoms with E-state index in [1.165, 1.54) is 12.1 Å². The van der Waals surface area contributed by atoms with E-state index in [1.807, 2.05) is 0 Å². The third-order valence-electron chi connectivity index (χ3n) is 5.65. The van der Waals surface area contributed by atoms with Gasteiger partial charge in [-0.25, -0.2) is 14.1 Å². The second-order valence-electron chi connectivity index (χ2n) is 7.56. The largest absolute Gasteiger partial charge is 0.465 e. The molecule has 1 fully saturated rings. The van der Waals surface area contributed by atoms with E-state index in [2.05, 4.69) is 10.4 Å². The molecular weight excluding hydrogens is 445 g/mol. The lowest BCUT2D eigenvalue weighted by Crippen LogP contribution is -2.63. The number of aromatic nitrogens is 2. The maximum absolute atomic E-state index is 15.4. The zero-order valence-corrected chi connectivity index (χ0v) is 17.2. The van der Waals surface area contributed by atoms with Crippen molar-refractivity contribution < 1.29 is 33.0 Å². The lowest BCUT2D eigenvalue weighted by Gasteiger charge is -2.48. The first kappa shape index (κ1) is 23.9. The van der Waals surface area contributed by atoms with Gasteiger partial charge >= 0.3 is 12.1 Å². The Balaban J connectivity index is 2.09. The zero-order valence-electron chi connectivity index (χ0n) is 17.2. The summed E-state index contributed by atoms with van der Waals surface area (Å²) in [4.78, 5) is 23.3. The number of piperidine rings is 1. The van der Waals surface area contributed by atoms with Crippen LogP contribution >= 0.6 is 0 Å². The number of nitriles is 1. The highest BCUT2D eigenvalue weighted by atomic mass is 19.3. The summed E-state index contributed by atoms with van der Waals surface area (Å²) in [5.74, 6) is -1.54. The van der Waals surface area contributed by atoms with Gasteiger partial charge in [-0.15, -0.1) is 0 Å². The normalized spacial score (nSPS) is 21.9. The van der Waals surface area contributed by atoms with Gasteiger partial charge in [0.25, 0.3) is 5.91 Å². The topological polar surface area (TPSA) is 157 Å². The summed E-state index contributed by atoms with van der Waals surface area (Å²) in [7, 11) is 0. The molecule has 1 aliphatic rings. The first-order valence-electron chi connectivity index (χ1n) is 9.89. The third-order valence-corrected chi connectivity index (χ3v) is 5.65. The summed E-state index contributed by atoms with van der Waals surface area (Å²) < 4.78 is 45.0. The molecule has 0 bridgehead atoms. The number of hydrogen-bond acceptors (Lipinski definition) is 6. The van der Waals surface area contributed by atoms with E-state index < -0.39 is 54.9 Å². The minimum Gasteiger partial charge on any atom is -0.465 e. The number of primary amides is 1. The van der Waals surface area contributed by atoms with Crippen molar-refractivity contribution in [1.82, 2.24) is 14.7 Å². The zero-order chi connectivity index (χ0) is 24.4. The van der Waals surface area contributed by atoms with Crippen molar-refractivity contribution in [2.45, 2.75) is 31.4 Å². The second-order valence-corrected chi connectivity index (χ2v) is 7.56. The average Bonchev–Trinajstić information content (AvgIpc) is 3.17. The van der Waals surface area contributed by atoms with E-state index in [9.17, 15) is 29.5 Å². The van der Waals surface area contributed by atoms with Crippen LogP contribution in [0.2, 0.25) is 0 Å². The molecule has 1 aliphatic heterocycles. The molecule has 2 aromatic rings. The van der Waals surface area contributed by atoms with Crippen molar-refractivity contribution >= 4 is 23.5 Å². The van der Waals surface area contributed by atoms with Gasteiger partial charge in [-0.05, 0) is 43.5 Å². The van der Waals surface area contributed by atoms with Crippen LogP contribution in [0.15, 0.2) is 30.5 Å². The number of aliphatic hydroxyl groups is 1. The highest BCUT2D eigenvalue weighted by Crippen LogP contribution is 2.54. The Morgan fingerprint density at radius 2 is 2.00 bits per heavy atom. The number of benzene rings is 1. The van der Waals surface area contributed by atoms with Crippen molar-refractivity contribution in [3.05, 3.63) is 41.8 Å². The van der Waals surface area contributed by atoms with Crippen LogP contribution < -0.4 is 11.1 Å². The highest BCUT2D eigenvalue weighted by Gasteiger charge is 2.66. The number of hydrogen-bond donors (Lipinski definition) is 4. The van der Waals surface area contributed by atoms with Gasteiger partial charge in [0, 0.05) is 25.0 Å². The Labute approximate surface area is 186 Å². The number of nitrogens with one attached hydrogen (secondary N) is 1. The number of aliphatic hydroxyl groups excluding tert-OH is 1. The number of likely N-dealkylation sites (tertiary alicyclic amines) is 1. The first-order valence-corrected chi connectivity index (χ1v) is 9.89. The Morgan fingerprint density at radius 1 is 1.33 bits per heavy atom. The van der Waals surface area contributed by atoms with E-state index >= 15 is 8.78 Å². The highest BCUT2D eigenvalue weighted by molar-refractivity contribution is 5.98. The van der Waals surface area contributed by atoms with E-state index in [0.29, 0.717) is 5.69 Å². The lowest BCUT2D eigenvalue weighted by atomic mass is 9.71. The number of amides is 2. The van der Waals surface area contributed by atoms with E-state index in [4.69, 9.17) is 5.73 Å². The van der Waals surface area contributed by atoms with Gasteiger partial charge in [0.1, 0.15) is 11.4 Å². The predicted octanol–water partition coefficient (Wildman–Crippen LogP) is 2.66. The number of carbonyl (C=O) groups is 2. The monoisotopic (exact) mass is 466 g/mol. The predicted molar refractivity (Wildman–Crippen MR) is 108 cm³/mol. The minimum atomic E-state index is -4.12. The standard InChI is InChI=1S/C20H21F3N6O4/c21-12-2-4-13(5-3-12)26-17-14(16(25)31)10-29(27-17)15-6-8-28(18(32)33)20(22,23)19(15,11-24)7-1-9-30/h2-5,10,15,30H,1,6-9H2,(H2,25,31)(H,26,27)(H,32,33)/t15-,19-/m0/s1. The molecule has 176 valence electrons. The number of halogens is 3. The summed E-state index contributed by atoms with van der Waals surface area (Å²) >= 11 is 0. The maximum Gasteiger partial charge on any atom is 0.411 e. The molecule has 0 aliphatic carbocycles. The number of alkyl halides is 2. The summed E-state index contributed by atoms with van der Waals surface area (Å²) in [6.45, 7) is -1.09. The molecule has 0 saturated carbocycles. The minimum absolute atomic E-state index is 0.0970. The fraction of sp³-hybridized carbons (Fsp3) is 0.400. The molecular formula is C20H21F3N6O4. The number of nitrogens with two attached hydrogens (primary N) is 1. The smallest absolute Gasteiger partial charge is 0.411 e. The molecule has 2 amide bonds. The molecule has 33 heavy (non-hydrogen) atoms. The van der Waals surface area contributed by atoms with Crippen LogP contribution in [0.4, 0.5) is 29.5 Å². The molecule has 5 N–H and O–H groups in total. The fourth-order valence-electron chi connectivity index (χ4n) is 4.02. The molecule has 0 radical (unpaired) electrons. The fourth-order valence-corrected chi connectivity index (χ4v) is 4.02. The second kappa shape index (κ2) is 8.99. The number of rotatable bonds is 7. The quantitative estimate of drug-likeness (QED) is 0.457. The van der Waals surface area contributed by atoms with Crippen molar-refractivity contribution in [3.63, 3.8) is 0 Å². The molecule has 2 atom stereocenters. The van der Waals surface area contributed by atoms with E-state index in [0.717, 1.165) is 23.0 Å². The molecule has 13 heteroatoms. The van der Waals surface area contributed by atoms with Crippen LogP contribution in [0.5, 0.6) is 0 Å². The van der Waals surface area contributed by atoms with Gasteiger partial charge in [0.15, 0.2) is 11.2 Å². The summed E-state index contributed by atoms with van der Waals surface area (Å²) in [5.41, 5.74) is 2.99. The van der Waals surface area contributed by atoms with Crippen molar-refractivity contribution in [1.29, 1.82) is 5.26 Å². The molecule has 0 unspecified atom stereocenters. The molecule has 3 rings (SSSR count). The van der Waals surface area contributed by atoms with Gasteiger partial charge in [-0.1, -0.05) is 0 Å². The van der Waals surface area contributed by atoms with Crippen molar-refractivity contribution in [2.24, 2.45) is 11.1 Å². The Morgan fingerprint density at radius 3 is 2.55 bits per heavy atom. The van der Waals surface area contributed by atoms with Crippen LogP contribution in [0.3, 0.4) is 0 Å². The lowest BCUT2D eigenvalue weighted by molar-refractivity contribution is -0.235. The van der Waals surface area contributed by atoms with Crippen molar-refractivity contribution in [2.75, 3.05) is 18.5 Å².